The average molecular weight is 286 g/mol. The van der Waals surface area contributed by atoms with Gasteiger partial charge in [-0.3, -0.25) is 4.79 Å². The summed E-state index contributed by atoms with van der Waals surface area (Å²) in [6.07, 6.45) is -2.59. The lowest BCUT2D eigenvalue weighted by atomic mass is 10.1. The van der Waals surface area contributed by atoms with Gasteiger partial charge in [0.05, 0.1) is 17.9 Å². The van der Waals surface area contributed by atoms with Crippen LogP contribution in [0.3, 0.4) is 0 Å². The van der Waals surface area contributed by atoms with Crippen LogP contribution < -0.4 is 11.1 Å². The third-order valence-corrected chi connectivity index (χ3v) is 3.85. The second-order valence-electron chi connectivity index (χ2n) is 4.04. The number of nitrogen functional groups attached to an aromatic ring is 1. The summed E-state index contributed by atoms with van der Waals surface area (Å²) in [5, 5.41) is 10.7. The number of rotatable bonds is 3. The molecule has 2 aromatic rings. The van der Waals surface area contributed by atoms with E-state index in [1.54, 1.807) is 6.92 Å². The number of hydrogen-bond acceptors (Lipinski definition) is 5. The van der Waals surface area contributed by atoms with E-state index in [1.807, 2.05) is 6.92 Å². The predicted octanol–water partition coefficient (Wildman–Crippen LogP) is 1.89. The van der Waals surface area contributed by atoms with E-state index in [9.17, 15) is 13.6 Å². The highest BCUT2D eigenvalue weighted by Gasteiger charge is 2.20. The topological polar surface area (TPSA) is 80.9 Å². The Hall–Kier alpha value is -1.83. The number of nitrogens with two attached hydrogens (primary N) is 1. The predicted molar refractivity (Wildman–Crippen MR) is 69.6 cm³/mol. The van der Waals surface area contributed by atoms with Crippen molar-refractivity contribution in [2.24, 2.45) is 0 Å². The van der Waals surface area contributed by atoms with Crippen LogP contribution in [0, 0.1) is 13.8 Å². The third-order valence-electron chi connectivity index (χ3n) is 2.76. The summed E-state index contributed by atoms with van der Waals surface area (Å²) in [4.78, 5) is 12.5. The van der Waals surface area contributed by atoms with Gasteiger partial charge in [0.2, 0.25) is 0 Å². The number of aryl methyl sites for hydroxylation is 2. The number of carbonyl (C=O) groups is 1. The molecule has 3 N–H and O–H groups in total. The Bertz CT molecular complexity index is 641. The molecule has 0 aromatic carbocycles. The lowest BCUT2D eigenvalue weighted by Crippen LogP contribution is -2.28. The van der Waals surface area contributed by atoms with E-state index >= 15 is 0 Å². The molecule has 0 saturated heterocycles. The van der Waals surface area contributed by atoms with Gasteiger partial charge in [0, 0.05) is 5.39 Å². The van der Waals surface area contributed by atoms with E-state index < -0.39 is 18.9 Å². The van der Waals surface area contributed by atoms with Crippen molar-refractivity contribution in [3.05, 3.63) is 16.1 Å². The molecule has 1 amide bonds. The van der Waals surface area contributed by atoms with E-state index in [1.165, 1.54) is 0 Å². The average Bonchev–Trinajstić information content (AvgIpc) is 2.69. The molecule has 0 aliphatic rings. The highest BCUT2D eigenvalue weighted by Crippen LogP contribution is 2.34. The quantitative estimate of drug-likeness (QED) is 0.902. The molecular formula is C11H12F2N4OS. The summed E-state index contributed by atoms with van der Waals surface area (Å²) >= 11 is 1.05. The van der Waals surface area contributed by atoms with Crippen molar-refractivity contribution >= 4 is 33.1 Å². The molecule has 5 nitrogen and oxygen atoms in total. The number of hydrogen-bond donors (Lipinski definition) is 2. The Morgan fingerprint density at radius 2 is 2.11 bits per heavy atom. The van der Waals surface area contributed by atoms with Crippen LogP contribution in [0.4, 0.5) is 14.5 Å². The second-order valence-corrected chi connectivity index (χ2v) is 5.04. The fraction of sp³-hybridized carbons (Fsp3) is 0.364. The zero-order valence-corrected chi connectivity index (χ0v) is 11.1. The molecule has 0 aliphatic heterocycles. The Balaban J connectivity index is 2.43. The summed E-state index contributed by atoms with van der Waals surface area (Å²) in [6, 6.07) is 0. The number of thiophene rings is 1. The van der Waals surface area contributed by atoms with Gasteiger partial charge in [-0.1, -0.05) is 0 Å². The van der Waals surface area contributed by atoms with E-state index in [4.69, 9.17) is 5.73 Å². The van der Waals surface area contributed by atoms with Gasteiger partial charge in [-0.05, 0) is 19.4 Å². The molecule has 102 valence electrons. The van der Waals surface area contributed by atoms with Gasteiger partial charge in [0.25, 0.3) is 12.3 Å². The van der Waals surface area contributed by atoms with Crippen LogP contribution in [0.2, 0.25) is 0 Å². The zero-order chi connectivity index (χ0) is 14.2. The summed E-state index contributed by atoms with van der Waals surface area (Å²) < 4.78 is 24.1. The second kappa shape index (κ2) is 5.04. The largest absolute Gasteiger partial charge is 0.397 e. The molecule has 0 unspecified atom stereocenters. The van der Waals surface area contributed by atoms with Crippen molar-refractivity contribution in [3.8, 4) is 0 Å². The van der Waals surface area contributed by atoms with Gasteiger partial charge < -0.3 is 11.1 Å². The van der Waals surface area contributed by atoms with Crippen LogP contribution in [0.25, 0.3) is 10.2 Å². The van der Waals surface area contributed by atoms with Gasteiger partial charge in [-0.15, -0.1) is 16.4 Å². The molecule has 8 heteroatoms. The molecule has 2 aromatic heterocycles. The third kappa shape index (κ3) is 2.48. The summed E-state index contributed by atoms with van der Waals surface area (Å²) in [5.41, 5.74) is 7.73. The van der Waals surface area contributed by atoms with Crippen LogP contribution in [0.1, 0.15) is 20.9 Å². The van der Waals surface area contributed by atoms with Crippen molar-refractivity contribution in [1.29, 1.82) is 0 Å². The number of alkyl halides is 2. The minimum atomic E-state index is -2.59. The SMILES string of the molecule is Cc1nnc2sc(C(=O)NCC(F)F)c(N)c2c1C. The number of halogens is 2. The molecule has 0 aliphatic carbocycles. The van der Waals surface area contributed by atoms with Crippen LogP contribution >= 0.6 is 11.3 Å². The first-order valence-corrected chi connectivity index (χ1v) is 6.31. The Morgan fingerprint density at radius 3 is 2.74 bits per heavy atom. The van der Waals surface area contributed by atoms with E-state index in [-0.39, 0.29) is 10.6 Å². The molecule has 0 saturated carbocycles. The molecule has 2 rings (SSSR count). The number of anilines is 1. The van der Waals surface area contributed by atoms with E-state index in [0.29, 0.717) is 10.2 Å². The van der Waals surface area contributed by atoms with Gasteiger partial charge in [-0.25, -0.2) is 8.78 Å². The fourth-order valence-corrected chi connectivity index (χ4v) is 2.68. The van der Waals surface area contributed by atoms with Gasteiger partial charge in [0.1, 0.15) is 9.71 Å². The normalized spacial score (nSPS) is 11.2. The monoisotopic (exact) mass is 286 g/mol. The molecule has 0 bridgehead atoms. The van der Waals surface area contributed by atoms with Crippen LogP contribution in [-0.2, 0) is 0 Å². The number of nitrogens with zero attached hydrogens (tertiary/aromatic N) is 2. The van der Waals surface area contributed by atoms with Crippen molar-refractivity contribution in [1.82, 2.24) is 15.5 Å². The minimum Gasteiger partial charge on any atom is -0.397 e. The lowest BCUT2D eigenvalue weighted by Gasteiger charge is -2.03. The van der Waals surface area contributed by atoms with E-state index in [2.05, 4.69) is 15.5 Å². The molecule has 0 spiro atoms. The molecule has 2 heterocycles. The fourth-order valence-electron chi connectivity index (χ4n) is 1.66. The summed E-state index contributed by atoms with van der Waals surface area (Å²) in [6.45, 7) is 2.92. The van der Waals surface area contributed by atoms with Gasteiger partial charge in [-0.2, -0.15) is 5.10 Å². The molecule has 0 radical (unpaired) electrons. The van der Waals surface area contributed by atoms with Crippen LogP contribution in [0.15, 0.2) is 0 Å². The van der Waals surface area contributed by atoms with Gasteiger partial charge in [0.15, 0.2) is 0 Å². The lowest BCUT2D eigenvalue weighted by molar-refractivity contribution is 0.0896. The molecular weight excluding hydrogens is 274 g/mol. The first-order chi connectivity index (χ1) is 8.91. The number of carbonyl (C=O) groups excluding carboxylic acids is 1. The number of nitrogens with one attached hydrogen (secondary N) is 1. The Labute approximate surface area is 111 Å². The standard InChI is InChI=1S/C11H12F2N4OS/c1-4-5(2)16-17-11-7(4)8(14)9(19-11)10(18)15-3-6(12)13/h6H,3,14H2,1-2H3,(H,15,18). The van der Waals surface area contributed by atoms with Crippen LogP contribution in [-0.4, -0.2) is 29.1 Å². The molecule has 0 fully saturated rings. The van der Waals surface area contributed by atoms with Crippen molar-refractivity contribution in [2.45, 2.75) is 20.3 Å². The number of aromatic nitrogens is 2. The van der Waals surface area contributed by atoms with Crippen molar-refractivity contribution in [3.63, 3.8) is 0 Å². The minimum absolute atomic E-state index is 0.193. The Kier molecular flexibility index (Phi) is 3.61. The smallest absolute Gasteiger partial charge is 0.263 e. The highest BCUT2D eigenvalue weighted by molar-refractivity contribution is 7.21. The Morgan fingerprint density at radius 1 is 1.42 bits per heavy atom. The highest BCUT2D eigenvalue weighted by atomic mass is 32.1. The number of fused-ring (bicyclic) bond motifs is 1. The summed E-state index contributed by atoms with van der Waals surface area (Å²) in [7, 11) is 0. The maximum Gasteiger partial charge on any atom is 0.263 e. The summed E-state index contributed by atoms with van der Waals surface area (Å²) in [5.74, 6) is -0.613. The molecule has 19 heavy (non-hydrogen) atoms. The maximum absolute atomic E-state index is 12.1. The van der Waals surface area contributed by atoms with Crippen LogP contribution in [0.5, 0.6) is 0 Å². The number of amides is 1. The van der Waals surface area contributed by atoms with Gasteiger partial charge >= 0.3 is 0 Å². The van der Waals surface area contributed by atoms with Crippen molar-refractivity contribution in [2.75, 3.05) is 12.3 Å². The first-order valence-electron chi connectivity index (χ1n) is 5.50. The first kappa shape index (κ1) is 13.6. The van der Waals surface area contributed by atoms with E-state index in [0.717, 1.165) is 22.6 Å². The van der Waals surface area contributed by atoms with Crippen molar-refractivity contribution < 1.29 is 13.6 Å². The molecule has 0 atom stereocenters. The maximum atomic E-state index is 12.1. The zero-order valence-electron chi connectivity index (χ0n) is 10.3.